The van der Waals surface area contributed by atoms with E-state index in [9.17, 15) is 19.8 Å². The highest BCUT2D eigenvalue weighted by atomic mass is 16.4. The summed E-state index contributed by atoms with van der Waals surface area (Å²) < 4.78 is 2.75. The summed E-state index contributed by atoms with van der Waals surface area (Å²) in [5.41, 5.74) is -1.45. The summed E-state index contributed by atoms with van der Waals surface area (Å²) >= 11 is 0. The van der Waals surface area contributed by atoms with Crippen LogP contribution in [0.5, 0.6) is 0 Å². The van der Waals surface area contributed by atoms with Gasteiger partial charge in [-0.3, -0.25) is 9.97 Å². The third kappa shape index (κ3) is 15.4. The number of rotatable bonds is 18. The van der Waals surface area contributed by atoms with Crippen LogP contribution in [0.4, 0.5) is 0 Å². The average molecular weight is 539 g/mol. The zero-order valence-corrected chi connectivity index (χ0v) is 25.9. The Morgan fingerprint density at radius 3 is 0.816 bits per heavy atom. The molecular weight excluding hydrogens is 480 g/mol. The maximum absolute atomic E-state index is 10.2. The Morgan fingerprint density at radius 1 is 0.500 bits per heavy atom. The molecule has 0 saturated carbocycles. The lowest BCUT2D eigenvalue weighted by molar-refractivity contribution is -0.928. The van der Waals surface area contributed by atoms with E-state index in [2.05, 4.69) is 65.4 Å². The van der Waals surface area contributed by atoms with Crippen LogP contribution in [-0.2, 0) is 0 Å². The highest BCUT2D eigenvalue weighted by Crippen LogP contribution is 2.13. The van der Waals surface area contributed by atoms with E-state index in [1.54, 1.807) is 0 Å². The van der Waals surface area contributed by atoms with Crippen LogP contribution in [0, 0.1) is 0 Å². The summed E-state index contributed by atoms with van der Waals surface area (Å²) in [5, 5.41) is 20.4. The molecule has 8 nitrogen and oxygen atoms in total. The molecule has 0 fully saturated rings. The standard InChI is InChI=1S/2C12H28N.C6H4N2O4/c2*1-5-9-13(10-6-2,11-7-3)12-8-4;9-5(10)3-4(6(11)12)8-2-1-7-3/h2*5-12H2,1-4H3;1-2H,(H,9,10)(H,11,12)/q2*+1;/p-2. The molecule has 0 unspecified atom stereocenters. The second-order valence-corrected chi connectivity index (χ2v) is 10.3. The zero-order valence-electron chi connectivity index (χ0n) is 25.9. The van der Waals surface area contributed by atoms with E-state index >= 15 is 0 Å². The third-order valence-corrected chi connectivity index (χ3v) is 6.67. The van der Waals surface area contributed by atoms with E-state index in [0.29, 0.717) is 0 Å². The maximum atomic E-state index is 10.2. The first kappa shape index (κ1) is 38.1. The highest BCUT2D eigenvalue weighted by Gasteiger charge is 2.23. The molecule has 1 aromatic heterocycles. The number of nitrogens with zero attached hydrogens (tertiary/aromatic N) is 4. The maximum Gasteiger partial charge on any atom is 0.113 e. The molecule has 38 heavy (non-hydrogen) atoms. The number of carboxylic acids is 2. The first-order valence-electron chi connectivity index (χ1n) is 15.1. The normalized spacial score (nSPS) is 11.2. The molecule has 0 atom stereocenters. The Kier molecular flexibility index (Phi) is 22.9. The Bertz CT molecular complexity index is 623. The molecule has 0 aliphatic carbocycles. The first-order chi connectivity index (χ1) is 18.1. The molecule has 0 aliphatic rings. The molecule has 0 bridgehead atoms. The summed E-state index contributed by atoms with van der Waals surface area (Å²) in [6, 6.07) is 0. The number of carboxylic acid groups (broad SMARTS) is 2. The number of aromatic nitrogens is 2. The summed E-state index contributed by atoms with van der Waals surface area (Å²) in [4.78, 5) is 27.0. The topological polar surface area (TPSA) is 106 Å². The Hall–Kier alpha value is -2.06. The lowest BCUT2D eigenvalue weighted by Crippen LogP contribution is -2.50. The minimum Gasteiger partial charge on any atom is -0.543 e. The third-order valence-electron chi connectivity index (χ3n) is 6.67. The van der Waals surface area contributed by atoms with Crippen molar-refractivity contribution in [3.05, 3.63) is 23.8 Å². The minimum atomic E-state index is -1.69. The molecule has 0 spiro atoms. The van der Waals surface area contributed by atoms with Crippen molar-refractivity contribution in [2.75, 3.05) is 52.4 Å². The van der Waals surface area contributed by atoms with Gasteiger partial charge < -0.3 is 28.8 Å². The van der Waals surface area contributed by atoms with Gasteiger partial charge in [-0.25, -0.2) is 0 Å². The van der Waals surface area contributed by atoms with Gasteiger partial charge in [-0.2, -0.15) is 0 Å². The molecule has 222 valence electrons. The summed E-state index contributed by atoms with van der Waals surface area (Å²) in [6.45, 7) is 29.6. The van der Waals surface area contributed by atoms with Crippen LogP contribution in [0.3, 0.4) is 0 Å². The van der Waals surface area contributed by atoms with Crippen LogP contribution in [0.1, 0.15) is 128 Å². The Labute approximate surface area is 233 Å². The van der Waals surface area contributed by atoms with E-state index in [1.165, 1.54) is 113 Å². The molecule has 0 saturated heterocycles. The van der Waals surface area contributed by atoms with Crippen molar-refractivity contribution in [3.8, 4) is 0 Å². The largest absolute Gasteiger partial charge is 0.543 e. The first-order valence-corrected chi connectivity index (χ1v) is 15.1. The lowest BCUT2D eigenvalue weighted by Gasteiger charge is -2.38. The van der Waals surface area contributed by atoms with Gasteiger partial charge in [-0.1, -0.05) is 55.4 Å². The van der Waals surface area contributed by atoms with Crippen LogP contribution in [-0.4, -0.2) is 83.2 Å². The number of aromatic carboxylic acids is 2. The van der Waals surface area contributed by atoms with Gasteiger partial charge in [0.2, 0.25) is 0 Å². The van der Waals surface area contributed by atoms with Gasteiger partial charge >= 0.3 is 0 Å². The molecule has 1 aromatic rings. The monoisotopic (exact) mass is 538 g/mol. The van der Waals surface area contributed by atoms with Crippen LogP contribution >= 0.6 is 0 Å². The fourth-order valence-electron chi connectivity index (χ4n) is 5.77. The van der Waals surface area contributed by atoms with Gasteiger partial charge in [0.25, 0.3) is 0 Å². The quantitative estimate of drug-likeness (QED) is 0.261. The van der Waals surface area contributed by atoms with Crippen molar-refractivity contribution >= 4 is 11.9 Å². The van der Waals surface area contributed by atoms with E-state index in [-0.39, 0.29) is 0 Å². The van der Waals surface area contributed by atoms with Crippen molar-refractivity contribution in [3.63, 3.8) is 0 Å². The lowest BCUT2D eigenvalue weighted by atomic mass is 10.2. The number of hydrogen-bond donors (Lipinski definition) is 0. The zero-order chi connectivity index (χ0) is 29.5. The molecule has 0 aromatic carbocycles. The van der Waals surface area contributed by atoms with Crippen molar-refractivity contribution < 1.29 is 28.8 Å². The predicted molar refractivity (Wildman–Crippen MR) is 152 cm³/mol. The van der Waals surface area contributed by atoms with Crippen LogP contribution in [0.15, 0.2) is 12.4 Å². The molecule has 0 aliphatic heterocycles. The van der Waals surface area contributed by atoms with Gasteiger partial charge in [0, 0.05) is 12.4 Å². The van der Waals surface area contributed by atoms with E-state index in [0.717, 1.165) is 12.4 Å². The average Bonchev–Trinajstić information content (AvgIpc) is 2.86. The SMILES string of the molecule is CCC[N+](CCC)(CCC)CCC.CCC[N+](CCC)(CCC)CCC.O=C([O-])c1nccnc1C(=O)[O-]. The van der Waals surface area contributed by atoms with Gasteiger partial charge in [-0.05, 0) is 51.4 Å². The van der Waals surface area contributed by atoms with E-state index in [1.807, 2.05) is 0 Å². The molecule has 0 amide bonds. The van der Waals surface area contributed by atoms with Crippen LogP contribution in [0.25, 0.3) is 0 Å². The second-order valence-electron chi connectivity index (χ2n) is 10.3. The number of quaternary nitrogens is 2. The number of carbonyl (C=O) groups is 2. The summed E-state index contributed by atoms with van der Waals surface area (Å²) in [7, 11) is 0. The molecule has 0 N–H and O–H groups in total. The van der Waals surface area contributed by atoms with Crippen molar-refractivity contribution in [2.45, 2.75) is 107 Å². The van der Waals surface area contributed by atoms with E-state index < -0.39 is 23.3 Å². The second kappa shape index (κ2) is 22.9. The molecule has 0 radical (unpaired) electrons. The summed E-state index contributed by atoms with van der Waals surface area (Å²) in [5.74, 6) is -3.38. The Balaban J connectivity index is 0. The highest BCUT2D eigenvalue weighted by molar-refractivity contribution is 5.96. The molecule has 1 rings (SSSR count). The number of hydrogen-bond acceptors (Lipinski definition) is 6. The fourth-order valence-corrected chi connectivity index (χ4v) is 5.77. The van der Waals surface area contributed by atoms with Gasteiger partial charge in [0.15, 0.2) is 0 Å². The van der Waals surface area contributed by atoms with Crippen molar-refractivity contribution in [1.82, 2.24) is 9.97 Å². The summed E-state index contributed by atoms with van der Waals surface area (Å²) in [6.07, 6.45) is 12.8. The van der Waals surface area contributed by atoms with Crippen LogP contribution in [0.2, 0.25) is 0 Å². The van der Waals surface area contributed by atoms with E-state index in [4.69, 9.17) is 0 Å². The number of carbonyl (C=O) groups excluding carboxylic acids is 2. The fraction of sp³-hybridized carbons (Fsp3) is 0.800. The smallest absolute Gasteiger partial charge is 0.113 e. The molecule has 1 heterocycles. The minimum absolute atomic E-state index is 0.725. The van der Waals surface area contributed by atoms with Gasteiger partial charge in [0.1, 0.15) is 11.4 Å². The molecular formula is C30H58N4O4. The van der Waals surface area contributed by atoms with Crippen molar-refractivity contribution in [1.29, 1.82) is 0 Å². The van der Waals surface area contributed by atoms with Gasteiger partial charge in [0.05, 0.1) is 64.3 Å². The Morgan fingerprint density at radius 2 is 0.684 bits per heavy atom. The van der Waals surface area contributed by atoms with Crippen molar-refractivity contribution in [2.24, 2.45) is 0 Å². The van der Waals surface area contributed by atoms with Gasteiger partial charge in [-0.15, -0.1) is 0 Å². The van der Waals surface area contributed by atoms with Crippen LogP contribution < -0.4 is 10.2 Å². The predicted octanol–water partition coefficient (Wildman–Crippen LogP) is 4.09. The molecule has 8 heteroatoms.